The number of para-hydroxylation sites is 1. The first-order chi connectivity index (χ1) is 7.27. The minimum absolute atomic E-state index is 0.0909. The molecule has 1 aromatic carbocycles. The summed E-state index contributed by atoms with van der Waals surface area (Å²) in [5, 5.41) is 9.59. The van der Waals surface area contributed by atoms with E-state index in [1.165, 1.54) is 6.07 Å². The Hall–Kier alpha value is -2.08. The third-order valence-electron chi connectivity index (χ3n) is 2.45. The van der Waals surface area contributed by atoms with Crippen molar-refractivity contribution >= 4 is 10.9 Å². The number of nitrogens with zero attached hydrogens (tertiary/aromatic N) is 2. The Bertz CT molecular complexity index is 605. The van der Waals surface area contributed by atoms with Gasteiger partial charge in [0.2, 0.25) is 0 Å². The highest BCUT2D eigenvalue weighted by molar-refractivity contribution is 5.79. The quantitative estimate of drug-likeness (QED) is 0.702. The molecule has 74 valence electrons. The molecule has 0 N–H and O–H groups in total. The van der Waals surface area contributed by atoms with Gasteiger partial charge in [0.05, 0.1) is 5.52 Å². The van der Waals surface area contributed by atoms with Crippen LogP contribution < -0.4 is 5.43 Å². The second-order valence-corrected chi connectivity index (χ2v) is 3.27. The third kappa shape index (κ3) is 1.40. The van der Waals surface area contributed by atoms with E-state index >= 15 is 0 Å². The number of hydrogen-bond acceptors (Lipinski definition) is 2. The highest BCUT2D eigenvalue weighted by atomic mass is 16.1. The van der Waals surface area contributed by atoms with E-state index in [9.17, 15) is 4.79 Å². The van der Waals surface area contributed by atoms with Crippen LogP contribution >= 0.6 is 0 Å². The zero-order chi connectivity index (χ0) is 10.8. The van der Waals surface area contributed by atoms with E-state index < -0.39 is 0 Å². The van der Waals surface area contributed by atoms with E-state index in [0.717, 1.165) is 5.52 Å². The molecule has 0 amide bonds. The second-order valence-electron chi connectivity index (χ2n) is 3.27. The van der Waals surface area contributed by atoms with Gasteiger partial charge >= 0.3 is 0 Å². The molecule has 0 radical (unpaired) electrons. The highest BCUT2D eigenvalue weighted by Gasteiger charge is 2.05. The lowest BCUT2D eigenvalue weighted by atomic mass is 10.2. The molecule has 2 aromatic rings. The van der Waals surface area contributed by atoms with Gasteiger partial charge in [-0.15, -0.1) is 0 Å². The van der Waals surface area contributed by atoms with Crippen LogP contribution in [0.25, 0.3) is 10.9 Å². The van der Waals surface area contributed by atoms with Crippen LogP contribution in [0, 0.1) is 11.3 Å². The summed E-state index contributed by atoms with van der Waals surface area (Å²) >= 11 is 0. The molecule has 2 rings (SSSR count). The zero-order valence-corrected chi connectivity index (χ0v) is 8.40. The van der Waals surface area contributed by atoms with Crippen LogP contribution in [0.3, 0.4) is 0 Å². The first-order valence-corrected chi connectivity index (χ1v) is 4.80. The third-order valence-corrected chi connectivity index (χ3v) is 2.45. The van der Waals surface area contributed by atoms with Crippen molar-refractivity contribution in [1.82, 2.24) is 4.57 Å². The molecule has 3 heteroatoms. The second kappa shape index (κ2) is 3.58. The Balaban J connectivity index is 3.00. The maximum atomic E-state index is 11.7. The summed E-state index contributed by atoms with van der Waals surface area (Å²) in [7, 11) is 0. The Morgan fingerprint density at radius 2 is 2.13 bits per heavy atom. The molecule has 1 aromatic heterocycles. The van der Waals surface area contributed by atoms with Crippen molar-refractivity contribution < 1.29 is 0 Å². The summed E-state index contributed by atoms with van der Waals surface area (Å²) in [6.07, 6.45) is 0. The summed E-state index contributed by atoms with van der Waals surface area (Å²) in [5.74, 6) is 0. The average molecular weight is 198 g/mol. The fourth-order valence-corrected chi connectivity index (χ4v) is 1.76. The molecule has 3 nitrogen and oxygen atoms in total. The fraction of sp³-hybridized carbons (Fsp3) is 0.167. The molecule has 0 fully saturated rings. The first-order valence-electron chi connectivity index (χ1n) is 4.80. The number of nitriles is 1. The highest BCUT2D eigenvalue weighted by Crippen LogP contribution is 2.11. The number of aromatic nitrogens is 1. The zero-order valence-electron chi connectivity index (χ0n) is 8.40. The minimum Gasteiger partial charge on any atom is -0.332 e. The lowest BCUT2D eigenvalue weighted by Gasteiger charge is -2.09. The van der Waals surface area contributed by atoms with Crippen molar-refractivity contribution in [2.45, 2.75) is 13.5 Å². The Kier molecular flexibility index (Phi) is 2.26. The standard InChI is InChI=1S/C12H10N2O/c1-2-14-9(8-13)7-12(15)10-5-3-4-6-11(10)14/h3-7H,2H2,1H3. The molecule has 0 aliphatic heterocycles. The monoisotopic (exact) mass is 198 g/mol. The number of benzene rings is 1. The lowest BCUT2D eigenvalue weighted by molar-refractivity contribution is 0.775. The first kappa shape index (κ1) is 9.47. The van der Waals surface area contributed by atoms with Gasteiger partial charge in [0.1, 0.15) is 11.8 Å². The number of hydrogen-bond donors (Lipinski definition) is 0. The van der Waals surface area contributed by atoms with Gasteiger partial charge in [0.15, 0.2) is 5.43 Å². The van der Waals surface area contributed by atoms with Crippen molar-refractivity contribution in [1.29, 1.82) is 5.26 Å². The predicted molar refractivity (Wildman–Crippen MR) is 58.6 cm³/mol. The Morgan fingerprint density at radius 3 is 2.80 bits per heavy atom. The number of fused-ring (bicyclic) bond motifs is 1. The van der Waals surface area contributed by atoms with E-state index in [1.54, 1.807) is 6.07 Å². The van der Waals surface area contributed by atoms with Gasteiger partial charge < -0.3 is 4.57 Å². The molecular weight excluding hydrogens is 188 g/mol. The van der Waals surface area contributed by atoms with Crippen LogP contribution in [0.5, 0.6) is 0 Å². The smallest absolute Gasteiger partial charge is 0.190 e. The van der Waals surface area contributed by atoms with E-state index in [2.05, 4.69) is 0 Å². The molecule has 15 heavy (non-hydrogen) atoms. The van der Waals surface area contributed by atoms with Gasteiger partial charge in [-0.25, -0.2) is 0 Å². The average Bonchev–Trinajstić information content (AvgIpc) is 2.29. The van der Waals surface area contributed by atoms with Gasteiger partial charge in [-0.1, -0.05) is 12.1 Å². The fourth-order valence-electron chi connectivity index (χ4n) is 1.76. The van der Waals surface area contributed by atoms with Gasteiger partial charge in [-0.2, -0.15) is 5.26 Å². The van der Waals surface area contributed by atoms with Crippen molar-refractivity contribution in [3.05, 3.63) is 46.2 Å². The maximum absolute atomic E-state index is 11.7. The van der Waals surface area contributed by atoms with E-state index in [1.807, 2.05) is 35.8 Å². The van der Waals surface area contributed by atoms with Gasteiger partial charge in [-0.3, -0.25) is 4.79 Å². The molecule has 1 heterocycles. The summed E-state index contributed by atoms with van der Waals surface area (Å²) in [4.78, 5) is 11.7. The van der Waals surface area contributed by atoms with Gasteiger partial charge in [0.25, 0.3) is 0 Å². The van der Waals surface area contributed by atoms with Crippen LogP contribution in [0.15, 0.2) is 35.1 Å². The molecular formula is C12H10N2O. The van der Waals surface area contributed by atoms with Crippen LogP contribution in [0.2, 0.25) is 0 Å². The van der Waals surface area contributed by atoms with E-state index in [0.29, 0.717) is 17.6 Å². The molecule has 0 spiro atoms. The molecule has 0 saturated heterocycles. The molecule has 0 bridgehead atoms. The summed E-state index contributed by atoms with van der Waals surface area (Å²) in [5.41, 5.74) is 1.15. The SMILES string of the molecule is CCn1c(C#N)cc(=O)c2ccccc21. The normalized spacial score (nSPS) is 10.1. The number of pyridine rings is 1. The molecule has 0 aliphatic carbocycles. The maximum Gasteiger partial charge on any atom is 0.190 e. The van der Waals surface area contributed by atoms with Gasteiger partial charge in [-0.05, 0) is 19.1 Å². The minimum atomic E-state index is -0.0909. The van der Waals surface area contributed by atoms with Crippen molar-refractivity contribution in [2.24, 2.45) is 0 Å². The Morgan fingerprint density at radius 1 is 1.40 bits per heavy atom. The number of rotatable bonds is 1. The summed E-state index contributed by atoms with van der Waals surface area (Å²) in [6.45, 7) is 2.64. The Labute approximate surface area is 87.2 Å². The van der Waals surface area contributed by atoms with E-state index in [4.69, 9.17) is 5.26 Å². The van der Waals surface area contributed by atoms with Crippen molar-refractivity contribution in [3.63, 3.8) is 0 Å². The molecule has 0 saturated carbocycles. The molecule has 0 aliphatic rings. The molecule has 0 unspecified atom stereocenters. The van der Waals surface area contributed by atoms with E-state index in [-0.39, 0.29) is 5.43 Å². The summed E-state index contributed by atoms with van der Waals surface area (Å²) < 4.78 is 1.84. The topological polar surface area (TPSA) is 45.8 Å². The largest absolute Gasteiger partial charge is 0.332 e. The van der Waals surface area contributed by atoms with Crippen molar-refractivity contribution in [2.75, 3.05) is 0 Å². The van der Waals surface area contributed by atoms with Crippen LogP contribution in [-0.4, -0.2) is 4.57 Å². The summed E-state index contributed by atoms with van der Waals surface area (Å²) in [6, 6.07) is 10.8. The predicted octanol–water partition coefficient (Wildman–Crippen LogP) is 1.89. The van der Waals surface area contributed by atoms with Crippen molar-refractivity contribution in [3.8, 4) is 6.07 Å². The van der Waals surface area contributed by atoms with Crippen LogP contribution in [0.4, 0.5) is 0 Å². The van der Waals surface area contributed by atoms with Crippen LogP contribution in [-0.2, 0) is 6.54 Å². The van der Waals surface area contributed by atoms with Crippen LogP contribution in [0.1, 0.15) is 12.6 Å². The number of aryl methyl sites for hydroxylation is 1. The lowest BCUT2D eigenvalue weighted by Crippen LogP contribution is -2.11. The van der Waals surface area contributed by atoms with Gasteiger partial charge in [0, 0.05) is 18.0 Å². The molecule has 0 atom stereocenters.